The Hall–Kier alpha value is -2.16. The minimum atomic E-state index is 0.209. The molecule has 2 rings (SSSR count). The van der Waals surface area contributed by atoms with E-state index < -0.39 is 0 Å². The van der Waals surface area contributed by atoms with Crippen molar-refractivity contribution >= 4 is 11.4 Å². The topological polar surface area (TPSA) is 33.3 Å². The fraction of sp³-hybridized carbons (Fsp3) is 0.368. The second-order valence-corrected chi connectivity index (χ2v) is 5.86. The SMILES string of the molecule is Cc1ccc(C)c(NCCNc2ccc(OC(C)C)cc2)c1. The minimum Gasteiger partial charge on any atom is -0.491 e. The Morgan fingerprint density at radius 1 is 0.909 bits per heavy atom. The smallest absolute Gasteiger partial charge is 0.119 e. The van der Waals surface area contributed by atoms with Crippen LogP contribution >= 0.6 is 0 Å². The van der Waals surface area contributed by atoms with Gasteiger partial charge in [-0.15, -0.1) is 0 Å². The van der Waals surface area contributed by atoms with Gasteiger partial charge in [-0.05, 0) is 69.2 Å². The molecule has 0 radical (unpaired) electrons. The molecule has 3 nitrogen and oxygen atoms in total. The van der Waals surface area contributed by atoms with Gasteiger partial charge in [-0.2, -0.15) is 0 Å². The van der Waals surface area contributed by atoms with Crippen LogP contribution < -0.4 is 15.4 Å². The van der Waals surface area contributed by atoms with E-state index in [2.05, 4.69) is 54.8 Å². The summed E-state index contributed by atoms with van der Waals surface area (Å²) in [6, 6.07) is 14.6. The fourth-order valence-corrected chi connectivity index (χ4v) is 2.25. The number of hydrogen-bond donors (Lipinski definition) is 2. The first-order valence-electron chi connectivity index (χ1n) is 7.86. The van der Waals surface area contributed by atoms with E-state index >= 15 is 0 Å². The number of anilines is 2. The van der Waals surface area contributed by atoms with Gasteiger partial charge in [-0.1, -0.05) is 12.1 Å². The molecule has 2 aromatic carbocycles. The summed E-state index contributed by atoms with van der Waals surface area (Å²) in [6.45, 7) is 10.1. The summed E-state index contributed by atoms with van der Waals surface area (Å²) in [5.74, 6) is 0.911. The molecule has 0 unspecified atom stereocenters. The number of benzene rings is 2. The molecular weight excluding hydrogens is 272 g/mol. The van der Waals surface area contributed by atoms with Crippen LogP contribution in [0.1, 0.15) is 25.0 Å². The summed E-state index contributed by atoms with van der Waals surface area (Å²) in [4.78, 5) is 0. The van der Waals surface area contributed by atoms with Crippen molar-refractivity contribution in [2.24, 2.45) is 0 Å². The highest BCUT2D eigenvalue weighted by atomic mass is 16.5. The van der Waals surface area contributed by atoms with Crippen LogP contribution in [0.5, 0.6) is 5.75 Å². The number of ether oxygens (including phenoxy) is 1. The van der Waals surface area contributed by atoms with E-state index in [1.54, 1.807) is 0 Å². The van der Waals surface area contributed by atoms with Gasteiger partial charge in [0.05, 0.1) is 6.10 Å². The van der Waals surface area contributed by atoms with Crippen LogP contribution in [-0.2, 0) is 0 Å². The van der Waals surface area contributed by atoms with E-state index in [9.17, 15) is 0 Å². The molecule has 0 aliphatic heterocycles. The maximum atomic E-state index is 5.64. The molecule has 3 heteroatoms. The average Bonchev–Trinajstić information content (AvgIpc) is 2.48. The van der Waals surface area contributed by atoms with Crippen LogP contribution in [0.4, 0.5) is 11.4 Å². The van der Waals surface area contributed by atoms with Gasteiger partial charge < -0.3 is 15.4 Å². The summed E-state index contributed by atoms with van der Waals surface area (Å²) in [6.07, 6.45) is 0.209. The molecule has 0 aliphatic rings. The molecule has 0 atom stereocenters. The lowest BCUT2D eigenvalue weighted by atomic mass is 10.1. The standard InChI is InChI=1S/C19H26N2O/c1-14(2)22-18-9-7-17(8-10-18)20-11-12-21-19-13-15(3)5-6-16(19)4/h5-10,13-14,20-21H,11-12H2,1-4H3. The number of rotatable bonds is 7. The van der Waals surface area contributed by atoms with Crippen molar-refractivity contribution in [3.63, 3.8) is 0 Å². The lowest BCUT2D eigenvalue weighted by Crippen LogP contribution is -2.14. The highest BCUT2D eigenvalue weighted by Gasteiger charge is 1.99. The molecule has 0 heterocycles. The zero-order valence-corrected chi connectivity index (χ0v) is 13.9. The molecule has 2 N–H and O–H groups in total. The molecular formula is C19H26N2O. The molecule has 118 valence electrons. The minimum absolute atomic E-state index is 0.209. The van der Waals surface area contributed by atoms with Gasteiger partial charge in [0, 0.05) is 24.5 Å². The number of aryl methyl sites for hydroxylation is 2. The molecule has 0 spiro atoms. The Balaban J connectivity index is 1.77. The van der Waals surface area contributed by atoms with Gasteiger partial charge in [0.2, 0.25) is 0 Å². The van der Waals surface area contributed by atoms with Gasteiger partial charge in [0.15, 0.2) is 0 Å². The fourth-order valence-electron chi connectivity index (χ4n) is 2.25. The van der Waals surface area contributed by atoms with Crippen molar-refractivity contribution in [1.82, 2.24) is 0 Å². The largest absolute Gasteiger partial charge is 0.491 e. The molecule has 0 bridgehead atoms. The first-order chi connectivity index (χ1) is 10.5. The van der Waals surface area contributed by atoms with Crippen LogP contribution in [0, 0.1) is 13.8 Å². The Morgan fingerprint density at radius 3 is 2.27 bits per heavy atom. The Bertz CT molecular complexity index is 591. The van der Waals surface area contributed by atoms with Crippen LogP contribution in [0.2, 0.25) is 0 Å². The summed E-state index contributed by atoms with van der Waals surface area (Å²) in [5, 5.41) is 6.89. The molecule has 0 saturated heterocycles. The van der Waals surface area contributed by atoms with Crippen LogP contribution in [-0.4, -0.2) is 19.2 Å². The van der Waals surface area contributed by atoms with Gasteiger partial charge >= 0.3 is 0 Å². The van der Waals surface area contributed by atoms with Crippen molar-refractivity contribution in [2.75, 3.05) is 23.7 Å². The highest BCUT2D eigenvalue weighted by Crippen LogP contribution is 2.17. The molecule has 0 aliphatic carbocycles. The van der Waals surface area contributed by atoms with Gasteiger partial charge in [-0.3, -0.25) is 0 Å². The average molecular weight is 298 g/mol. The van der Waals surface area contributed by atoms with Gasteiger partial charge in [0.1, 0.15) is 5.75 Å². The third-order valence-electron chi connectivity index (χ3n) is 3.39. The molecule has 2 aromatic rings. The first kappa shape index (κ1) is 16.2. The third kappa shape index (κ3) is 4.99. The zero-order valence-electron chi connectivity index (χ0n) is 13.9. The van der Waals surface area contributed by atoms with Crippen molar-refractivity contribution in [3.8, 4) is 5.75 Å². The number of nitrogens with one attached hydrogen (secondary N) is 2. The molecule has 0 amide bonds. The number of hydrogen-bond acceptors (Lipinski definition) is 3. The highest BCUT2D eigenvalue weighted by molar-refractivity contribution is 5.53. The summed E-state index contributed by atoms with van der Waals surface area (Å²) < 4.78 is 5.64. The second-order valence-electron chi connectivity index (χ2n) is 5.86. The summed E-state index contributed by atoms with van der Waals surface area (Å²) in [5.41, 5.74) is 4.88. The molecule has 0 saturated carbocycles. The van der Waals surface area contributed by atoms with E-state index in [1.807, 2.05) is 26.0 Å². The van der Waals surface area contributed by atoms with Crippen molar-refractivity contribution < 1.29 is 4.74 Å². The van der Waals surface area contributed by atoms with Crippen LogP contribution in [0.3, 0.4) is 0 Å². The quantitative estimate of drug-likeness (QED) is 0.732. The maximum absolute atomic E-state index is 5.64. The second kappa shape index (κ2) is 7.74. The van der Waals surface area contributed by atoms with Crippen molar-refractivity contribution in [1.29, 1.82) is 0 Å². The predicted octanol–water partition coefficient (Wildman–Crippen LogP) is 4.61. The Labute approximate surface area is 133 Å². The predicted molar refractivity (Wildman–Crippen MR) is 95.1 cm³/mol. The van der Waals surface area contributed by atoms with Crippen molar-refractivity contribution in [2.45, 2.75) is 33.8 Å². The van der Waals surface area contributed by atoms with E-state index in [0.29, 0.717) is 0 Å². The lowest BCUT2D eigenvalue weighted by Gasteiger charge is -2.13. The van der Waals surface area contributed by atoms with E-state index in [4.69, 9.17) is 4.74 Å². The third-order valence-corrected chi connectivity index (χ3v) is 3.39. The van der Waals surface area contributed by atoms with E-state index in [-0.39, 0.29) is 6.10 Å². The maximum Gasteiger partial charge on any atom is 0.119 e. The zero-order chi connectivity index (χ0) is 15.9. The van der Waals surface area contributed by atoms with Crippen molar-refractivity contribution in [3.05, 3.63) is 53.6 Å². The Kier molecular flexibility index (Phi) is 5.70. The van der Waals surface area contributed by atoms with E-state index in [0.717, 1.165) is 24.5 Å². The first-order valence-corrected chi connectivity index (χ1v) is 7.86. The van der Waals surface area contributed by atoms with E-state index in [1.165, 1.54) is 16.8 Å². The van der Waals surface area contributed by atoms with Gasteiger partial charge in [0.25, 0.3) is 0 Å². The Morgan fingerprint density at radius 2 is 1.59 bits per heavy atom. The monoisotopic (exact) mass is 298 g/mol. The molecule has 0 aromatic heterocycles. The summed E-state index contributed by atoms with van der Waals surface area (Å²) >= 11 is 0. The van der Waals surface area contributed by atoms with Gasteiger partial charge in [-0.25, -0.2) is 0 Å². The molecule has 0 fully saturated rings. The van der Waals surface area contributed by atoms with Crippen LogP contribution in [0.25, 0.3) is 0 Å². The summed E-state index contributed by atoms with van der Waals surface area (Å²) in [7, 11) is 0. The molecule has 22 heavy (non-hydrogen) atoms. The normalized spacial score (nSPS) is 10.6. The van der Waals surface area contributed by atoms with Crippen LogP contribution in [0.15, 0.2) is 42.5 Å². The lowest BCUT2D eigenvalue weighted by molar-refractivity contribution is 0.242.